The number of nitrogens with one attached hydrogen (secondary N) is 2. The van der Waals surface area contributed by atoms with E-state index in [1.807, 2.05) is 0 Å². The third kappa shape index (κ3) is 4.43. The van der Waals surface area contributed by atoms with Crippen molar-refractivity contribution in [1.29, 1.82) is 0 Å². The molecule has 4 N–H and O–H groups in total. The summed E-state index contributed by atoms with van der Waals surface area (Å²) in [6.45, 7) is 0. The van der Waals surface area contributed by atoms with Crippen molar-refractivity contribution < 1.29 is 14.3 Å². The number of amides is 2. The first-order chi connectivity index (χ1) is 13.1. The molecule has 0 unspecified atom stereocenters. The minimum Gasteiger partial charge on any atom is -0.497 e. The molecule has 3 aromatic rings. The maximum atomic E-state index is 12.6. The summed E-state index contributed by atoms with van der Waals surface area (Å²) in [5.41, 5.74) is 8.08. The summed E-state index contributed by atoms with van der Waals surface area (Å²) in [7, 11) is 1.58. The predicted octanol–water partition coefficient (Wildman–Crippen LogP) is 3.78. The van der Waals surface area contributed by atoms with Gasteiger partial charge < -0.3 is 21.1 Å². The van der Waals surface area contributed by atoms with Gasteiger partial charge in [-0.3, -0.25) is 9.59 Å². The number of methoxy groups -OCH3 is 1. The quantitative estimate of drug-likeness (QED) is 0.603. The number of hydrogen-bond donors (Lipinski definition) is 3. The fraction of sp³-hybridized carbons (Fsp3) is 0.0476. The highest BCUT2D eigenvalue weighted by atomic mass is 16.5. The average Bonchev–Trinajstić information content (AvgIpc) is 2.69. The van der Waals surface area contributed by atoms with Crippen LogP contribution in [0.5, 0.6) is 5.75 Å². The highest BCUT2D eigenvalue weighted by Gasteiger charge is 2.14. The van der Waals surface area contributed by atoms with Gasteiger partial charge in [-0.05, 0) is 60.7 Å². The molecule has 0 saturated heterocycles. The molecule has 0 heterocycles. The summed E-state index contributed by atoms with van der Waals surface area (Å²) in [6.07, 6.45) is 0. The maximum Gasteiger partial charge on any atom is 0.257 e. The molecule has 0 saturated carbocycles. The molecule has 6 heteroatoms. The molecule has 0 spiro atoms. The van der Waals surface area contributed by atoms with Crippen LogP contribution in [0.25, 0.3) is 0 Å². The molecule has 0 aromatic heterocycles. The van der Waals surface area contributed by atoms with E-state index in [0.29, 0.717) is 33.9 Å². The van der Waals surface area contributed by atoms with Gasteiger partial charge in [0.1, 0.15) is 5.75 Å². The first-order valence-corrected chi connectivity index (χ1v) is 8.28. The minimum absolute atomic E-state index is 0.320. The molecule has 0 aliphatic carbocycles. The van der Waals surface area contributed by atoms with Crippen molar-refractivity contribution in [1.82, 2.24) is 0 Å². The summed E-state index contributed by atoms with van der Waals surface area (Å²) in [6, 6.07) is 20.4. The Bertz CT molecular complexity index is 951. The van der Waals surface area contributed by atoms with Gasteiger partial charge in [-0.25, -0.2) is 0 Å². The largest absolute Gasteiger partial charge is 0.497 e. The zero-order valence-corrected chi connectivity index (χ0v) is 14.7. The fourth-order valence-corrected chi connectivity index (χ4v) is 2.49. The van der Waals surface area contributed by atoms with Gasteiger partial charge in [0.2, 0.25) is 0 Å². The van der Waals surface area contributed by atoms with Gasteiger partial charge in [-0.1, -0.05) is 12.1 Å². The molecular formula is C21H19N3O3. The number of nitrogen functional groups attached to an aromatic ring is 1. The number of nitrogens with two attached hydrogens (primary N) is 1. The normalized spacial score (nSPS) is 10.1. The monoisotopic (exact) mass is 361 g/mol. The molecule has 3 aromatic carbocycles. The second kappa shape index (κ2) is 8.05. The zero-order chi connectivity index (χ0) is 19.2. The Labute approximate surface area is 157 Å². The van der Waals surface area contributed by atoms with E-state index in [0.717, 1.165) is 0 Å². The van der Waals surface area contributed by atoms with Crippen LogP contribution in [-0.2, 0) is 0 Å². The molecule has 136 valence electrons. The van der Waals surface area contributed by atoms with Crippen LogP contribution in [0.4, 0.5) is 17.1 Å². The highest BCUT2D eigenvalue weighted by Crippen LogP contribution is 2.20. The molecule has 0 aliphatic heterocycles. The van der Waals surface area contributed by atoms with Crippen molar-refractivity contribution in [3.8, 4) is 5.75 Å². The van der Waals surface area contributed by atoms with Gasteiger partial charge in [0.25, 0.3) is 11.8 Å². The van der Waals surface area contributed by atoms with Crippen molar-refractivity contribution in [2.45, 2.75) is 0 Å². The van der Waals surface area contributed by atoms with E-state index < -0.39 is 0 Å². The van der Waals surface area contributed by atoms with Crippen molar-refractivity contribution in [3.05, 3.63) is 83.9 Å². The van der Waals surface area contributed by atoms with E-state index >= 15 is 0 Å². The Hall–Kier alpha value is -3.80. The summed E-state index contributed by atoms with van der Waals surface area (Å²) in [5.74, 6) is 0.0530. The van der Waals surface area contributed by atoms with E-state index in [2.05, 4.69) is 10.6 Å². The molecule has 2 amide bonds. The number of para-hydroxylation sites is 1. The van der Waals surface area contributed by atoms with Crippen LogP contribution < -0.4 is 21.1 Å². The Balaban J connectivity index is 1.77. The van der Waals surface area contributed by atoms with E-state index in [4.69, 9.17) is 10.5 Å². The standard InChI is InChI=1S/C21H19N3O3/c1-27-17-12-10-16(11-13-17)23-21(26)18-4-2-3-5-19(18)24-20(25)14-6-8-15(22)9-7-14/h2-13H,22H2,1H3,(H,23,26)(H,24,25). The average molecular weight is 361 g/mol. The number of anilines is 3. The van der Waals surface area contributed by atoms with Crippen molar-refractivity contribution in [3.63, 3.8) is 0 Å². The van der Waals surface area contributed by atoms with Gasteiger partial charge >= 0.3 is 0 Å². The molecule has 0 fully saturated rings. The topological polar surface area (TPSA) is 93.5 Å². The summed E-state index contributed by atoms with van der Waals surface area (Å²) < 4.78 is 5.10. The minimum atomic E-state index is -0.326. The summed E-state index contributed by atoms with van der Waals surface area (Å²) in [4.78, 5) is 25.1. The number of carbonyl (C=O) groups is 2. The van der Waals surface area contributed by atoms with E-state index in [1.165, 1.54) is 0 Å². The molecule has 27 heavy (non-hydrogen) atoms. The molecular weight excluding hydrogens is 342 g/mol. The third-order valence-corrected chi connectivity index (χ3v) is 3.94. The van der Waals surface area contributed by atoms with Crippen molar-refractivity contribution in [2.75, 3.05) is 23.5 Å². The number of ether oxygens (including phenoxy) is 1. The van der Waals surface area contributed by atoms with Crippen LogP contribution >= 0.6 is 0 Å². The Kier molecular flexibility index (Phi) is 5.37. The van der Waals surface area contributed by atoms with E-state index in [9.17, 15) is 9.59 Å². The summed E-state index contributed by atoms with van der Waals surface area (Å²) in [5, 5.41) is 5.58. The van der Waals surface area contributed by atoms with Crippen LogP contribution in [-0.4, -0.2) is 18.9 Å². The number of benzene rings is 3. The van der Waals surface area contributed by atoms with Crippen LogP contribution in [0, 0.1) is 0 Å². The van der Waals surface area contributed by atoms with Crippen molar-refractivity contribution in [2.24, 2.45) is 0 Å². The number of hydrogen-bond acceptors (Lipinski definition) is 4. The van der Waals surface area contributed by atoms with E-state index in [1.54, 1.807) is 79.9 Å². The zero-order valence-electron chi connectivity index (χ0n) is 14.7. The molecule has 3 rings (SSSR count). The molecule has 6 nitrogen and oxygen atoms in total. The Morgan fingerprint density at radius 1 is 0.815 bits per heavy atom. The van der Waals surface area contributed by atoms with Crippen molar-refractivity contribution >= 4 is 28.9 Å². The molecule has 0 radical (unpaired) electrons. The fourth-order valence-electron chi connectivity index (χ4n) is 2.49. The van der Waals surface area contributed by atoms with Gasteiger partial charge in [0, 0.05) is 16.9 Å². The van der Waals surface area contributed by atoms with Crippen LogP contribution in [0.2, 0.25) is 0 Å². The third-order valence-electron chi connectivity index (χ3n) is 3.94. The second-order valence-electron chi connectivity index (χ2n) is 5.80. The Morgan fingerprint density at radius 2 is 1.48 bits per heavy atom. The smallest absolute Gasteiger partial charge is 0.257 e. The lowest BCUT2D eigenvalue weighted by atomic mass is 10.1. The van der Waals surface area contributed by atoms with Gasteiger partial charge in [0.15, 0.2) is 0 Å². The molecule has 0 atom stereocenters. The van der Waals surface area contributed by atoms with Gasteiger partial charge in [-0.2, -0.15) is 0 Å². The number of carbonyl (C=O) groups excluding carboxylic acids is 2. The number of rotatable bonds is 5. The summed E-state index contributed by atoms with van der Waals surface area (Å²) >= 11 is 0. The lowest BCUT2D eigenvalue weighted by Gasteiger charge is -2.12. The first-order valence-electron chi connectivity index (χ1n) is 8.28. The Morgan fingerprint density at radius 3 is 2.15 bits per heavy atom. The molecule has 0 bridgehead atoms. The van der Waals surface area contributed by atoms with Gasteiger partial charge in [-0.15, -0.1) is 0 Å². The van der Waals surface area contributed by atoms with Crippen LogP contribution in [0.1, 0.15) is 20.7 Å². The second-order valence-corrected chi connectivity index (χ2v) is 5.80. The molecule has 0 aliphatic rings. The lowest BCUT2D eigenvalue weighted by molar-refractivity contribution is 0.102. The van der Waals surface area contributed by atoms with E-state index in [-0.39, 0.29) is 11.8 Å². The predicted molar refractivity (Wildman–Crippen MR) is 106 cm³/mol. The lowest BCUT2D eigenvalue weighted by Crippen LogP contribution is -2.18. The maximum absolute atomic E-state index is 12.6. The first kappa shape index (κ1) is 18.0. The van der Waals surface area contributed by atoms with Gasteiger partial charge in [0.05, 0.1) is 18.4 Å². The van der Waals surface area contributed by atoms with Crippen LogP contribution in [0.15, 0.2) is 72.8 Å². The van der Waals surface area contributed by atoms with Crippen LogP contribution in [0.3, 0.4) is 0 Å². The highest BCUT2D eigenvalue weighted by molar-refractivity contribution is 6.12. The SMILES string of the molecule is COc1ccc(NC(=O)c2ccccc2NC(=O)c2ccc(N)cc2)cc1.